The molecular formula is C50H87NO11P+. The van der Waals surface area contributed by atoms with Crippen molar-refractivity contribution in [1.29, 1.82) is 0 Å². The first kappa shape index (κ1) is 58.3. The van der Waals surface area contributed by atoms with Gasteiger partial charge in [-0.2, -0.15) is 0 Å². The van der Waals surface area contributed by atoms with E-state index < -0.39 is 50.8 Å². The lowest BCUT2D eigenvalue weighted by Gasteiger charge is -2.24. The number of likely N-dealkylation sites (N-methyl/N-ethyl adjacent to an activating group) is 1. The fourth-order valence-corrected chi connectivity index (χ4v) is 7.82. The molecule has 1 unspecified atom stereocenters. The Hall–Kier alpha value is -2.67. The lowest BCUT2D eigenvalue weighted by molar-refractivity contribution is -0.870. The Morgan fingerprint density at radius 1 is 0.714 bits per heavy atom. The summed E-state index contributed by atoms with van der Waals surface area (Å²) in [7, 11) is 1.31. The second-order valence-corrected chi connectivity index (χ2v) is 19.2. The third-order valence-corrected chi connectivity index (χ3v) is 11.8. The molecule has 1 rings (SSSR count). The average molecular weight is 909 g/mol. The SMILES string of the molecule is CC/C=C\C/C=C\C/C=C\C/C=C\C/C=C\CCCCCC(=O)OC[C@H](COP(=O)(O)OCC[N+](C)(C)C)OC(=O)CCCCCC[C@@H]1[C@@H](/C=C/[C@@H](O)CCCCC)[C@H](O)C[C@@H]1O. The molecule has 4 N–H and O–H groups in total. The number of quaternary nitrogens is 1. The zero-order chi connectivity index (χ0) is 46.6. The number of carbonyl (C=O) groups excluding carboxylic acids is 2. The van der Waals surface area contributed by atoms with Crippen LogP contribution in [0.5, 0.6) is 0 Å². The number of carbonyl (C=O) groups is 2. The van der Waals surface area contributed by atoms with E-state index in [0.717, 1.165) is 96.3 Å². The number of nitrogens with zero attached hydrogens (tertiary/aromatic N) is 1. The predicted octanol–water partition coefficient (Wildman–Crippen LogP) is 10.2. The van der Waals surface area contributed by atoms with Crippen LogP contribution in [0.3, 0.4) is 0 Å². The summed E-state index contributed by atoms with van der Waals surface area (Å²) in [6.45, 7) is 3.91. The maximum absolute atomic E-state index is 12.9. The van der Waals surface area contributed by atoms with Gasteiger partial charge in [-0.3, -0.25) is 18.6 Å². The van der Waals surface area contributed by atoms with E-state index in [2.05, 4.69) is 74.6 Å². The Morgan fingerprint density at radius 3 is 1.92 bits per heavy atom. The number of aliphatic hydroxyl groups is 3. The van der Waals surface area contributed by atoms with Crippen molar-refractivity contribution >= 4 is 19.8 Å². The Bertz CT molecular complexity index is 1420. The van der Waals surface area contributed by atoms with E-state index in [1.54, 1.807) is 6.08 Å². The highest BCUT2D eigenvalue weighted by atomic mass is 31.2. The number of aliphatic hydroxyl groups excluding tert-OH is 3. The Balaban J connectivity index is 2.47. The molecule has 0 aromatic carbocycles. The number of allylic oxidation sites excluding steroid dienone is 10. The smallest absolute Gasteiger partial charge is 0.462 e. The summed E-state index contributed by atoms with van der Waals surface area (Å²) in [4.78, 5) is 35.7. The number of esters is 2. The number of rotatable bonds is 38. The highest BCUT2D eigenvalue weighted by Gasteiger charge is 2.39. The summed E-state index contributed by atoms with van der Waals surface area (Å²) in [5.41, 5.74) is 0. The molecule has 0 amide bonds. The highest BCUT2D eigenvalue weighted by Crippen LogP contribution is 2.43. The number of hydrogen-bond donors (Lipinski definition) is 4. The second kappa shape index (κ2) is 36.5. The van der Waals surface area contributed by atoms with Gasteiger partial charge in [-0.25, -0.2) is 4.57 Å². The van der Waals surface area contributed by atoms with E-state index in [9.17, 15) is 34.4 Å². The molecule has 0 saturated heterocycles. The van der Waals surface area contributed by atoms with Crippen LogP contribution in [-0.4, -0.2) is 109 Å². The van der Waals surface area contributed by atoms with Crippen LogP contribution >= 0.6 is 7.82 Å². The number of unbranched alkanes of at least 4 members (excludes halogenated alkanes) is 8. The molecule has 0 aliphatic heterocycles. The second-order valence-electron chi connectivity index (χ2n) is 17.7. The van der Waals surface area contributed by atoms with Crippen LogP contribution in [-0.2, 0) is 32.7 Å². The normalized spacial score (nSPS) is 20.6. The van der Waals surface area contributed by atoms with Gasteiger partial charge in [0.2, 0.25) is 0 Å². The van der Waals surface area contributed by atoms with Crippen molar-refractivity contribution in [2.75, 3.05) is 47.5 Å². The van der Waals surface area contributed by atoms with Crippen molar-refractivity contribution in [3.05, 3.63) is 72.9 Å². The highest BCUT2D eigenvalue weighted by molar-refractivity contribution is 7.47. The summed E-state index contributed by atoms with van der Waals surface area (Å²) in [6.07, 6.45) is 38.7. The van der Waals surface area contributed by atoms with E-state index in [0.29, 0.717) is 36.7 Å². The van der Waals surface area contributed by atoms with Gasteiger partial charge in [-0.1, -0.05) is 132 Å². The minimum Gasteiger partial charge on any atom is -0.462 e. The predicted molar refractivity (Wildman–Crippen MR) is 254 cm³/mol. The van der Waals surface area contributed by atoms with Gasteiger partial charge in [-0.15, -0.1) is 0 Å². The van der Waals surface area contributed by atoms with Gasteiger partial charge in [0, 0.05) is 25.2 Å². The van der Waals surface area contributed by atoms with Crippen LogP contribution in [0.25, 0.3) is 0 Å². The molecule has 1 saturated carbocycles. The van der Waals surface area contributed by atoms with Crippen molar-refractivity contribution in [2.45, 2.75) is 173 Å². The molecule has 0 radical (unpaired) electrons. The molecule has 1 fully saturated rings. The van der Waals surface area contributed by atoms with E-state index >= 15 is 0 Å². The van der Waals surface area contributed by atoms with E-state index in [1.165, 1.54) is 0 Å². The zero-order valence-electron chi connectivity index (χ0n) is 39.6. The molecule has 0 spiro atoms. The molecule has 0 bridgehead atoms. The van der Waals surface area contributed by atoms with Crippen molar-refractivity contribution < 1.29 is 57.4 Å². The Kier molecular flexibility index (Phi) is 33.8. The average Bonchev–Trinajstić information content (AvgIpc) is 3.50. The molecule has 1 aliphatic carbocycles. The maximum Gasteiger partial charge on any atom is 0.472 e. The quantitative estimate of drug-likeness (QED) is 0.0153. The van der Waals surface area contributed by atoms with E-state index in [4.69, 9.17) is 18.5 Å². The summed E-state index contributed by atoms with van der Waals surface area (Å²) in [6, 6.07) is 0. The standard InChI is InChI=1S/C50H86NO11P/c1-6-8-10-11-12-13-14-15-16-17-18-19-20-21-22-23-24-25-30-34-49(55)59-41-44(42-61-63(57,58)60-39-38-51(3,4)5)62-50(56)35-31-27-26-29-33-45-46(48(54)40-47(45)53)37-36-43(52)32-28-9-7-2/h8,10,12-13,15-16,18-19,21-22,36-37,43-48,52-54H,6-7,9,11,14,17,20,23-35,38-42H2,1-5H3/p+1/b10-8-,13-12-,16-15-,19-18-,22-21-,37-36+/t43-,44+,45+,46+,47-,48+/m0/s1. The van der Waals surface area contributed by atoms with E-state index in [-0.39, 0.29) is 37.9 Å². The molecule has 0 heterocycles. The van der Waals surface area contributed by atoms with Gasteiger partial charge < -0.3 is 34.2 Å². The molecule has 63 heavy (non-hydrogen) atoms. The summed E-state index contributed by atoms with van der Waals surface area (Å²) >= 11 is 0. The van der Waals surface area contributed by atoms with E-state index in [1.807, 2.05) is 27.2 Å². The molecule has 13 heteroatoms. The van der Waals surface area contributed by atoms with Crippen LogP contribution in [0.2, 0.25) is 0 Å². The van der Waals surface area contributed by atoms with Gasteiger partial charge >= 0.3 is 19.8 Å². The van der Waals surface area contributed by atoms with Crippen LogP contribution in [0.1, 0.15) is 149 Å². The lowest BCUT2D eigenvalue weighted by atomic mass is 9.88. The number of ether oxygens (including phenoxy) is 2. The molecule has 12 nitrogen and oxygen atoms in total. The van der Waals surface area contributed by atoms with Gasteiger partial charge in [0.15, 0.2) is 6.10 Å². The van der Waals surface area contributed by atoms with Crippen molar-refractivity contribution in [1.82, 2.24) is 0 Å². The van der Waals surface area contributed by atoms with Crippen molar-refractivity contribution in [3.63, 3.8) is 0 Å². The van der Waals surface area contributed by atoms with Gasteiger partial charge in [0.05, 0.1) is 46.1 Å². The van der Waals surface area contributed by atoms with Crippen molar-refractivity contribution in [2.24, 2.45) is 11.8 Å². The monoisotopic (exact) mass is 909 g/mol. The molecule has 1 aliphatic rings. The summed E-state index contributed by atoms with van der Waals surface area (Å²) in [5, 5.41) is 31.5. The number of phosphoric ester groups is 1. The molecule has 7 atom stereocenters. The molecular weight excluding hydrogens is 822 g/mol. The van der Waals surface area contributed by atoms with Gasteiger partial charge in [0.25, 0.3) is 0 Å². The van der Waals surface area contributed by atoms with Crippen LogP contribution in [0.15, 0.2) is 72.9 Å². The van der Waals surface area contributed by atoms with Gasteiger partial charge in [0.1, 0.15) is 19.8 Å². The van der Waals surface area contributed by atoms with Gasteiger partial charge in [-0.05, 0) is 76.5 Å². The van der Waals surface area contributed by atoms with Crippen LogP contribution in [0, 0.1) is 11.8 Å². The Labute approximate surface area is 381 Å². The fourth-order valence-electron chi connectivity index (χ4n) is 7.08. The maximum atomic E-state index is 12.9. The van der Waals surface area contributed by atoms with Crippen molar-refractivity contribution in [3.8, 4) is 0 Å². The van der Waals surface area contributed by atoms with Crippen LogP contribution in [0.4, 0.5) is 0 Å². The minimum atomic E-state index is -4.45. The fraction of sp³-hybridized carbons (Fsp3) is 0.720. The van der Waals surface area contributed by atoms with Crippen LogP contribution < -0.4 is 0 Å². The summed E-state index contributed by atoms with van der Waals surface area (Å²) in [5.74, 6) is -1.29. The zero-order valence-corrected chi connectivity index (χ0v) is 40.5. The Morgan fingerprint density at radius 2 is 1.30 bits per heavy atom. The molecule has 0 aromatic heterocycles. The third kappa shape index (κ3) is 33.5. The molecule has 0 aromatic rings. The number of hydrogen-bond acceptors (Lipinski definition) is 10. The topological polar surface area (TPSA) is 169 Å². The lowest BCUT2D eigenvalue weighted by Crippen LogP contribution is -2.37. The minimum absolute atomic E-state index is 0.0162. The first-order valence-corrected chi connectivity index (χ1v) is 25.4. The molecule has 362 valence electrons. The summed E-state index contributed by atoms with van der Waals surface area (Å²) < 4.78 is 34.3. The largest absolute Gasteiger partial charge is 0.472 e. The number of phosphoric acid groups is 1. The first-order valence-electron chi connectivity index (χ1n) is 23.9. The third-order valence-electron chi connectivity index (χ3n) is 10.8. The first-order chi connectivity index (χ1) is 30.2.